The minimum Gasteiger partial charge on any atom is -0.332 e. The highest BCUT2D eigenvalue weighted by molar-refractivity contribution is 7.58. The van der Waals surface area contributed by atoms with Crippen molar-refractivity contribution >= 4 is 19.2 Å². The smallest absolute Gasteiger partial charge is 0.254 e. The van der Waals surface area contributed by atoms with Gasteiger partial charge in [0.25, 0.3) is 11.8 Å². The fourth-order valence-electron chi connectivity index (χ4n) is 2.54. The number of carbonyl (C=O) groups excluding carboxylic acids is 2. The first kappa shape index (κ1) is 19.9. The maximum Gasteiger partial charge on any atom is 0.254 e. The molecule has 0 aromatic heterocycles. The van der Waals surface area contributed by atoms with Crippen LogP contribution in [0.1, 0.15) is 20.7 Å². The zero-order valence-corrected chi connectivity index (χ0v) is 16.1. The highest BCUT2D eigenvalue weighted by Gasteiger charge is 2.30. The van der Waals surface area contributed by atoms with Gasteiger partial charge in [0.05, 0.1) is 12.6 Å². The van der Waals surface area contributed by atoms with Crippen molar-refractivity contribution in [3.63, 3.8) is 0 Å². The third kappa shape index (κ3) is 5.04. The second-order valence-corrected chi connectivity index (χ2v) is 8.58. The predicted octanol–water partition coefficient (Wildman–Crippen LogP) is 3.37. The summed E-state index contributed by atoms with van der Waals surface area (Å²) in [6.07, 6.45) is -0.159. The molecule has 0 atom stereocenters. The molecule has 0 N–H and O–H groups in total. The third-order valence-electron chi connectivity index (χ3n) is 3.92. The molecule has 26 heavy (non-hydrogen) atoms. The maximum absolute atomic E-state index is 13.1. The van der Waals surface area contributed by atoms with Crippen LogP contribution < -0.4 is 0 Å². The molecule has 7 heteroatoms. The van der Waals surface area contributed by atoms with E-state index in [-0.39, 0.29) is 24.4 Å². The Morgan fingerprint density at radius 2 is 1.15 bits per heavy atom. The van der Waals surface area contributed by atoms with Gasteiger partial charge in [-0.25, -0.2) is 0 Å². The monoisotopic (exact) mass is 374 g/mol. The molecule has 2 aromatic carbocycles. The van der Waals surface area contributed by atoms with E-state index >= 15 is 0 Å². The topological polar surface area (TPSA) is 66.9 Å². The van der Waals surface area contributed by atoms with E-state index in [1.165, 1.54) is 16.9 Å². The Hall–Kier alpha value is -2.43. The molecule has 0 radical (unpaired) electrons. The van der Waals surface area contributed by atoms with Gasteiger partial charge in [-0.05, 0) is 24.3 Å². The van der Waals surface area contributed by atoms with E-state index in [1.807, 2.05) is 12.1 Å². The average molecular weight is 374 g/mol. The summed E-state index contributed by atoms with van der Waals surface area (Å²) < 4.78 is 18.3. The lowest BCUT2D eigenvalue weighted by Gasteiger charge is -2.27. The average Bonchev–Trinajstić information content (AvgIpc) is 2.67. The molecule has 2 rings (SSSR count). The number of benzene rings is 2. The summed E-state index contributed by atoms with van der Waals surface area (Å²) >= 11 is 0. The van der Waals surface area contributed by atoms with E-state index in [4.69, 9.17) is 4.52 Å². The normalized spacial score (nSPS) is 11.0. The number of hydrogen-bond donors (Lipinski definition) is 0. The predicted molar refractivity (Wildman–Crippen MR) is 101 cm³/mol. The third-order valence-corrected chi connectivity index (χ3v) is 6.30. The molecule has 0 aliphatic carbocycles. The van der Waals surface area contributed by atoms with Crippen LogP contribution >= 0.6 is 7.37 Å². The van der Waals surface area contributed by atoms with Gasteiger partial charge in [-0.2, -0.15) is 0 Å². The van der Waals surface area contributed by atoms with E-state index < -0.39 is 7.37 Å². The summed E-state index contributed by atoms with van der Waals surface area (Å²) in [5, 5.41) is 0. The Morgan fingerprint density at radius 1 is 0.808 bits per heavy atom. The van der Waals surface area contributed by atoms with E-state index in [9.17, 15) is 14.2 Å². The van der Waals surface area contributed by atoms with Crippen molar-refractivity contribution in [2.24, 2.45) is 0 Å². The summed E-state index contributed by atoms with van der Waals surface area (Å²) in [5.41, 5.74) is 1.01. The quantitative estimate of drug-likeness (QED) is 0.697. The van der Waals surface area contributed by atoms with Crippen molar-refractivity contribution < 1.29 is 18.7 Å². The van der Waals surface area contributed by atoms with Crippen LogP contribution in [0.2, 0.25) is 0 Å². The van der Waals surface area contributed by atoms with Crippen LogP contribution in [0.4, 0.5) is 0 Å². The minimum atomic E-state index is -3.25. The molecule has 0 heterocycles. The van der Waals surface area contributed by atoms with E-state index in [0.29, 0.717) is 11.1 Å². The van der Waals surface area contributed by atoms with Crippen molar-refractivity contribution in [2.45, 2.75) is 0 Å². The van der Waals surface area contributed by atoms with Crippen LogP contribution in [0.5, 0.6) is 0 Å². The molecule has 0 fully saturated rings. The van der Waals surface area contributed by atoms with Crippen molar-refractivity contribution in [1.82, 2.24) is 9.80 Å². The summed E-state index contributed by atoms with van der Waals surface area (Å²) in [7, 11) is 1.22. The first-order valence-corrected chi connectivity index (χ1v) is 10.1. The number of carbonyl (C=O) groups is 2. The van der Waals surface area contributed by atoms with Gasteiger partial charge in [-0.3, -0.25) is 14.2 Å². The van der Waals surface area contributed by atoms with Gasteiger partial charge in [-0.1, -0.05) is 36.4 Å². The molecular formula is C19H23N2O4P. The van der Waals surface area contributed by atoms with E-state index in [0.717, 1.165) is 0 Å². The summed E-state index contributed by atoms with van der Waals surface area (Å²) in [6.45, 7) is 0. The molecule has 0 bridgehead atoms. The summed E-state index contributed by atoms with van der Waals surface area (Å²) in [5.74, 6) is -0.500. The molecule has 0 unspecified atom stereocenters. The fraction of sp³-hybridized carbons (Fsp3) is 0.263. The standard InChI is InChI=1S/C19H23N2O4P/c1-20(18(22)16-10-6-4-7-11-16)14-26(24,25-3)15-21(2)19(23)17-12-8-5-9-13-17/h4-13H,14-15H2,1-3H3. The minimum absolute atomic E-state index is 0.0797. The van der Waals surface area contributed by atoms with Gasteiger partial charge in [0, 0.05) is 32.3 Å². The molecule has 0 saturated carbocycles. The van der Waals surface area contributed by atoms with Gasteiger partial charge < -0.3 is 14.3 Å². The maximum atomic E-state index is 13.1. The van der Waals surface area contributed by atoms with Crippen molar-refractivity contribution in [3.05, 3.63) is 71.8 Å². The highest BCUT2D eigenvalue weighted by Crippen LogP contribution is 2.47. The van der Waals surface area contributed by atoms with E-state index in [1.54, 1.807) is 62.6 Å². The van der Waals surface area contributed by atoms with Crippen LogP contribution in [0.15, 0.2) is 60.7 Å². The Labute approximate surface area is 153 Å². The van der Waals surface area contributed by atoms with Crippen LogP contribution in [0.3, 0.4) is 0 Å². The van der Waals surface area contributed by atoms with Gasteiger partial charge in [0.15, 0.2) is 0 Å². The van der Waals surface area contributed by atoms with Crippen LogP contribution in [-0.2, 0) is 9.09 Å². The summed E-state index contributed by atoms with van der Waals surface area (Å²) in [4.78, 5) is 27.6. The Balaban J connectivity index is 2.06. The molecular weight excluding hydrogens is 351 g/mol. The Bertz CT molecular complexity index is 732. The van der Waals surface area contributed by atoms with Crippen molar-refractivity contribution in [1.29, 1.82) is 0 Å². The van der Waals surface area contributed by atoms with Gasteiger partial charge in [-0.15, -0.1) is 0 Å². The van der Waals surface area contributed by atoms with Crippen molar-refractivity contribution in [2.75, 3.05) is 33.8 Å². The molecule has 0 spiro atoms. The molecule has 0 saturated heterocycles. The Morgan fingerprint density at radius 3 is 1.46 bits per heavy atom. The number of nitrogens with zero attached hydrogens (tertiary/aromatic N) is 2. The van der Waals surface area contributed by atoms with Crippen molar-refractivity contribution in [3.8, 4) is 0 Å². The first-order chi connectivity index (χ1) is 12.4. The lowest BCUT2D eigenvalue weighted by Crippen LogP contribution is -2.33. The Kier molecular flexibility index (Phi) is 6.72. The van der Waals surface area contributed by atoms with E-state index in [2.05, 4.69) is 0 Å². The fourth-order valence-corrected chi connectivity index (χ4v) is 4.41. The lowest BCUT2D eigenvalue weighted by atomic mass is 10.2. The largest absolute Gasteiger partial charge is 0.332 e. The number of hydrogen-bond acceptors (Lipinski definition) is 4. The molecule has 2 aromatic rings. The zero-order valence-electron chi connectivity index (χ0n) is 15.2. The lowest BCUT2D eigenvalue weighted by molar-refractivity contribution is 0.0805. The molecule has 0 aliphatic heterocycles. The second kappa shape index (κ2) is 8.79. The second-order valence-electron chi connectivity index (χ2n) is 6.02. The summed E-state index contributed by atoms with van der Waals surface area (Å²) in [6, 6.07) is 17.5. The number of amides is 2. The van der Waals surface area contributed by atoms with Crippen LogP contribution in [0, 0.1) is 0 Å². The molecule has 2 amide bonds. The highest BCUT2D eigenvalue weighted by atomic mass is 31.2. The molecule has 138 valence electrons. The van der Waals surface area contributed by atoms with Crippen LogP contribution in [0.25, 0.3) is 0 Å². The van der Waals surface area contributed by atoms with Gasteiger partial charge in [0.2, 0.25) is 7.37 Å². The van der Waals surface area contributed by atoms with Gasteiger partial charge >= 0.3 is 0 Å². The van der Waals surface area contributed by atoms with Crippen LogP contribution in [-0.4, -0.2) is 55.4 Å². The number of rotatable bonds is 7. The first-order valence-electron chi connectivity index (χ1n) is 8.11. The SMILES string of the molecule is COP(=O)(CN(C)C(=O)c1ccccc1)CN(C)C(=O)c1ccccc1. The zero-order chi connectivity index (χ0) is 19.2. The van der Waals surface area contributed by atoms with Gasteiger partial charge in [0.1, 0.15) is 0 Å². The molecule has 0 aliphatic rings. The molecule has 6 nitrogen and oxygen atoms in total.